The smallest absolute Gasteiger partial charge is 0.270 e. The van der Waals surface area contributed by atoms with Crippen molar-refractivity contribution < 1.29 is 13.6 Å². The Bertz CT molecular complexity index is 1550. The van der Waals surface area contributed by atoms with Gasteiger partial charge < -0.3 is 14.2 Å². The molecule has 0 atom stereocenters. The van der Waals surface area contributed by atoms with E-state index in [0.717, 1.165) is 5.69 Å². The van der Waals surface area contributed by atoms with Gasteiger partial charge in [-0.3, -0.25) is 19.1 Å². The first-order valence-corrected chi connectivity index (χ1v) is 13.8. The predicted octanol–water partition coefficient (Wildman–Crippen LogP) is 4.51. The van der Waals surface area contributed by atoms with Crippen molar-refractivity contribution >= 4 is 51.8 Å². The number of rotatable bonds is 6. The first-order valence-electron chi connectivity index (χ1n) is 12.5. The van der Waals surface area contributed by atoms with E-state index in [1.165, 1.54) is 28.8 Å². The van der Waals surface area contributed by atoms with E-state index in [0.29, 0.717) is 64.7 Å². The first kappa shape index (κ1) is 26.7. The van der Waals surface area contributed by atoms with Crippen molar-refractivity contribution in [3.8, 4) is 6.07 Å². The molecule has 11 heteroatoms. The molecular weight excluding hydrogens is 537 g/mol. The highest BCUT2D eigenvalue weighted by Gasteiger charge is 2.34. The van der Waals surface area contributed by atoms with Crippen LogP contribution >= 0.6 is 24.0 Å². The average molecular weight is 564 g/mol. The van der Waals surface area contributed by atoms with Gasteiger partial charge in [0.1, 0.15) is 33.3 Å². The molecule has 0 unspecified atom stereocenters. The Morgan fingerprint density at radius 1 is 1.13 bits per heavy atom. The van der Waals surface area contributed by atoms with Crippen LogP contribution < -0.4 is 15.4 Å². The van der Waals surface area contributed by atoms with Gasteiger partial charge in [0.15, 0.2) is 0 Å². The third kappa shape index (κ3) is 5.10. The van der Waals surface area contributed by atoms with Crippen molar-refractivity contribution in [2.75, 3.05) is 36.0 Å². The van der Waals surface area contributed by atoms with Gasteiger partial charge in [0.2, 0.25) is 0 Å². The minimum Gasteiger partial charge on any atom is -0.467 e. The Hall–Kier alpha value is -3.88. The quantitative estimate of drug-likeness (QED) is 0.320. The number of nitrogens with zero attached hydrogens (tertiary/aromatic N) is 5. The number of thioether (sulfide) groups is 1. The van der Waals surface area contributed by atoms with E-state index in [2.05, 4.69) is 15.9 Å². The Labute approximate surface area is 234 Å². The van der Waals surface area contributed by atoms with E-state index in [4.69, 9.17) is 16.6 Å². The zero-order valence-corrected chi connectivity index (χ0v) is 23.1. The highest BCUT2D eigenvalue weighted by molar-refractivity contribution is 8.26. The number of piperazine rings is 1. The molecule has 39 heavy (non-hydrogen) atoms. The monoisotopic (exact) mass is 563 g/mol. The van der Waals surface area contributed by atoms with Gasteiger partial charge >= 0.3 is 0 Å². The van der Waals surface area contributed by atoms with E-state index >= 15 is 0 Å². The summed E-state index contributed by atoms with van der Waals surface area (Å²) in [4.78, 5) is 32.9. The number of carbonyl (C=O) groups excluding carboxylic acids is 1. The molecule has 0 N–H and O–H groups in total. The fourth-order valence-corrected chi connectivity index (χ4v) is 6.17. The first-order chi connectivity index (χ1) is 18.8. The topological polar surface area (TPSA) is 85.7 Å². The third-order valence-corrected chi connectivity index (χ3v) is 8.35. The highest BCUT2D eigenvalue weighted by Crippen LogP contribution is 2.37. The summed E-state index contributed by atoms with van der Waals surface area (Å²) in [5.74, 6) is 0.765. The molecule has 2 saturated heterocycles. The van der Waals surface area contributed by atoms with Crippen LogP contribution in [-0.4, -0.2) is 45.9 Å². The Kier molecular flexibility index (Phi) is 7.59. The molecule has 1 amide bonds. The molecule has 2 aliphatic rings. The molecule has 0 spiro atoms. The normalized spacial score (nSPS) is 16.9. The zero-order valence-electron chi connectivity index (χ0n) is 21.5. The van der Waals surface area contributed by atoms with Crippen LogP contribution in [0.5, 0.6) is 0 Å². The van der Waals surface area contributed by atoms with Crippen LogP contribution in [0, 0.1) is 24.1 Å². The molecule has 1 aromatic carbocycles. The van der Waals surface area contributed by atoms with Gasteiger partial charge in [-0.15, -0.1) is 0 Å². The highest BCUT2D eigenvalue weighted by atomic mass is 32.2. The molecule has 5 rings (SSSR count). The molecule has 0 radical (unpaired) electrons. The van der Waals surface area contributed by atoms with Crippen molar-refractivity contribution in [2.24, 2.45) is 0 Å². The molecule has 200 valence electrons. The third-order valence-electron chi connectivity index (χ3n) is 6.98. The fraction of sp³-hybridized carbons (Fsp3) is 0.286. The summed E-state index contributed by atoms with van der Waals surface area (Å²) < 4.78 is 20.8. The lowest BCUT2D eigenvalue weighted by molar-refractivity contribution is -0.122. The number of hydrogen-bond acceptors (Lipinski definition) is 8. The van der Waals surface area contributed by atoms with E-state index < -0.39 is 0 Å². The second-order valence-corrected chi connectivity index (χ2v) is 10.9. The van der Waals surface area contributed by atoms with Gasteiger partial charge in [0.25, 0.3) is 11.5 Å². The number of hydrogen-bond donors (Lipinski definition) is 0. The number of benzene rings is 1. The molecule has 2 aromatic heterocycles. The van der Waals surface area contributed by atoms with E-state index in [-0.39, 0.29) is 29.4 Å². The lowest BCUT2D eigenvalue weighted by atomic mass is 10.0. The number of carbonyl (C=O) groups is 1. The molecule has 3 aromatic rings. The van der Waals surface area contributed by atoms with Gasteiger partial charge in [-0.1, -0.05) is 24.0 Å². The standard InChI is InChI=1S/C28H26FN5O3S2/c1-3-33-25(32-12-10-31(11-13-32)20-8-6-19(29)7-9-20)22(18(2)23(16-30)26(33)35)15-24-27(36)34(28(38)39-24)17-21-5-4-14-37-21/h4-9,14-15H,3,10-13,17H2,1-2H3/b24-15-. The maximum absolute atomic E-state index is 13.4. The Morgan fingerprint density at radius 3 is 2.44 bits per heavy atom. The Morgan fingerprint density at radius 2 is 1.82 bits per heavy atom. The van der Waals surface area contributed by atoms with Crippen molar-refractivity contribution in [2.45, 2.75) is 26.9 Å². The van der Waals surface area contributed by atoms with E-state index in [1.54, 1.807) is 48.1 Å². The largest absolute Gasteiger partial charge is 0.467 e. The van der Waals surface area contributed by atoms with Crippen LogP contribution in [0.3, 0.4) is 0 Å². The maximum Gasteiger partial charge on any atom is 0.270 e. The van der Waals surface area contributed by atoms with Crippen molar-refractivity contribution in [1.82, 2.24) is 9.47 Å². The second kappa shape index (κ2) is 11.1. The van der Waals surface area contributed by atoms with E-state index in [9.17, 15) is 19.2 Å². The van der Waals surface area contributed by atoms with E-state index in [1.807, 2.05) is 6.92 Å². The zero-order chi connectivity index (χ0) is 27.7. The number of anilines is 2. The van der Waals surface area contributed by atoms with Gasteiger partial charge in [-0.25, -0.2) is 4.39 Å². The summed E-state index contributed by atoms with van der Waals surface area (Å²) in [7, 11) is 0. The van der Waals surface area contributed by atoms with Crippen LogP contribution in [0.25, 0.3) is 6.08 Å². The molecule has 2 aliphatic heterocycles. The number of thiocarbonyl (C=S) groups is 1. The summed E-state index contributed by atoms with van der Waals surface area (Å²) in [6.07, 6.45) is 3.30. The van der Waals surface area contributed by atoms with Crippen molar-refractivity contribution in [3.05, 3.63) is 86.2 Å². The van der Waals surface area contributed by atoms with Gasteiger partial charge in [-0.05, 0) is 61.9 Å². The summed E-state index contributed by atoms with van der Waals surface area (Å²) in [6, 6.07) is 12.0. The molecule has 0 aliphatic carbocycles. The number of halogens is 1. The Balaban J connectivity index is 1.52. The molecule has 2 fully saturated rings. The molecule has 0 bridgehead atoms. The fourth-order valence-electron chi connectivity index (χ4n) is 4.93. The number of amides is 1. The maximum atomic E-state index is 13.4. The van der Waals surface area contributed by atoms with Crippen LogP contribution in [0.15, 0.2) is 56.8 Å². The molecular formula is C28H26FN5O3S2. The van der Waals surface area contributed by atoms with Gasteiger partial charge in [0.05, 0.1) is 17.7 Å². The predicted molar refractivity (Wildman–Crippen MR) is 154 cm³/mol. The minimum atomic E-state index is -0.351. The summed E-state index contributed by atoms with van der Waals surface area (Å²) in [5, 5.41) is 9.82. The lowest BCUT2D eigenvalue weighted by Crippen LogP contribution is -2.48. The van der Waals surface area contributed by atoms with Crippen LogP contribution in [-0.2, 0) is 17.9 Å². The van der Waals surface area contributed by atoms with Crippen LogP contribution in [0.2, 0.25) is 0 Å². The lowest BCUT2D eigenvalue weighted by Gasteiger charge is -2.39. The minimum absolute atomic E-state index is 0.0582. The summed E-state index contributed by atoms with van der Waals surface area (Å²) in [5.41, 5.74) is 1.82. The van der Waals surface area contributed by atoms with Gasteiger partial charge in [0, 0.05) is 44.0 Å². The number of pyridine rings is 1. The molecule has 8 nitrogen and oxygen atoms in total. The summed E-state index contributed by atoms with van der Waals surface area (Å²) in [6.45, 7) is 6.72. The van der Waals surface area contributed by atoms with Crippen molar-refractivity contribution in [1.29, 1.82) is 5.26 Å². The van der Waals surface area contributed by atoms with Crippen molar-refractivity contribution in [3.63, 3.8) is 0 Å². The SMILES string of the molecule is CCn1c(N2CCN(c3ccc(F)cc3)CC2)c(/C=C2\SC(=S)N(Cc3ccco3)C2=O)c(C)c(C#N)c1=O. The summed E-state index contributed by atoms with van der Waals surface area (Å²) >= 11 is 6.69. The number of furan rings is 1. The molecule has 4 heterocycles. The second-order valence-electron chi connectivity index (χ2n) is 9.20. The van der Waals surface area contributed by atoms with Crippen LogP contribution in [0.1, 0.15) is 29.4 Å². The van der Waals surface area contributed by atoms with Gasteiger partial charge in [-0.2, -0.15) is 5.26 Å². The molecule has 0 saturated carbocycles. The number of aromatic nitrogens is 1. The van der Waals surface area contributed by atoms with Crippen LogP contribution in [0.4, 0.5) is 15.9 Å². The average Bonchev–Trinajstić information content (AvgIpc) is 3.55. The number of nitriles is 1.